The van der Waals surface area contributed by atoms with Crippen LogP contribution >= 0.6 is 15.9 Å². The molecular weight excluding hydrogens is 1630 g/mol. The SMILES string of the molecule is COC(=O)c1cccc(CBr)c1.COC(=O)c1cccc(CO)c1.COC(=O)c1cccc(COCc2cccc(C(=O)OC)c2)c1.O=C(O)c1cccc(COCc2cccc(C(=O)Nc3ccc(N4CCCCC4)cc3-c3cc(C(=O)NCc4cccc(C(F)(F)F)c4)ccn3)c2)c1.O=C(O)c1cccc(COCc2cccc(C(=O)O)c2)c1. The van der Waals surface area contributed by atoms with Crippen molar-refractivity contribution in [2.24, 2.45) is 0 Å². The first-order valence-corrected chi connectivity index (χ1v) is 38.7. The van der Waals surface area contributed by atoms with Gasteiger partial charge < -0.3 is 69.1 Å². The number of carboxylic acid groups (broad SMARTS) is 3. The van der Waals surface area contributed by atoms with Gasteiger partial charge in [0.15, 0.2) is 0 Å². The quantitative estimate of drug-likeness (QED) is 0.0151. The monoisotopic (exact) mass is 1720 g/mol. The summed E-state index contributed by atoms with van der Waals surface area (Å²) in [6.07, 6.45) is 0.255. The van der Waals surface area contributed by atoms with E-state index in [1.54, 1.807) is 152 Å². The van der Waals surface area contributed by atoms with E-state index in [0.717, 1.165) is 88.9 Å². The number of amides is 2. The first kappa shape index (κ1) is 93.0. The Hall–Kier alpha value is -13.5. The van der Waals surface area contributed by atoms with Gasteiger partial charge in [-0.05, 0) is 209 Å². The van der Waals surface area contributed by atoms with Crippen molar-refractivity contribution in [2.75, 3.05) is 51.7 Å². The standard InChI is InChI=1S/C41H37F3N4O5.C18H18O5.C16H14O5.C9H9BrO2.C9H10O3/c42-41(43,44)33-12-6-7-27(21-33)24-46-38(49)31-15-16-45-37(22-31)35-23-34(48-17-2-1-3-18-48)13-14-36(35)47-39(50)30-10-4-8-28(19-30)25-53-26-29-9-5-11-32(20-29)40(51)52;1-21-17(19)15-7-3-5-13(9-15)11-23-12-14-6-4-8-16(10-14)18(20)22-2;17-15(18)13-5-1-3-11(7-13)9-21-10-12-4-2-6-14(8-12)16(19)20;2*1-12-9(11)8-4-2-3-7(5-8)6-10/h4-16,19-23H,1-3,17-18,24-26H2,(H,46,49)(H,47,50)(H,51,52);3-10H,11-12H2,1-2H3;1-8H,9-10H2,(H,17,18)(H,19,20);2-5H,6H2,1H3;2-5,10H,6H2,1H3. The smallest absolute Gasteiger partial charge is 0.416 e. The number of nitrogens with zero attached hydrogens (tertiary/aromatic N) is 2. The number of methoxy groups -OCH3 is 4. The van der Waals surface area contributed by atoms with E-state index >= 15 is 0 Å². The maximum Gasteiger partial charge on any atom is 0.416 e. The van der Waals surface area contributed by atoms with Crippen LogP contribution in [0.1, 0.15) is 168 Å². The Morgan fingerprint density at radius 3 is 1.14 bits per heavy atom. The summed E-state index contributed by atoms with van der Waals surface area (Å²) >= 11 is 3.31. The zero-order valence-corrected chi connectivity index (χ0v) is 68.0. The van der Waals surface area contributed by atoms with Gasteiger partial charge in [0.1, 0.15) is 0 Å². The number of aliphatic hydroxyl groups excluding tert-OH is 1. The molecule has 628 valence electrons. The lowest BCUT2D eigenvalue weighted by Crippen LogP contribution is -2.29. The highest BCUT2D eigenvalue weighted by Gasteiger charge is 2.30. The van der Waals surface area contributed by atoms with Crippen molar-refractivity contribution in [1.29, 1.82) is 0 Å². The van der Waals surface area contributed by atoms with Crippen LogP contribution in [0.3, 0.4) is 0 Å². The molecule has 1 aromatic heterocycles. The first-order chi connectivity index (χ1) is 58.3. The lowest BCUT2D eigenvalue weighted by atomic mass is 10.0. The molecular formula is C93H88BrF3N4O20. The molecule has 28 heteroatoms. The van der Waals surface area contributed by atoms with Crippen LogP contribution in [-0.4, -0.2) is 121 Å². The van der Waals surface area contributed by atoms with Gasteiger partial charge in [-0.2, -0.15) is 13.2 Å². The molecule has 1 aliphatic heterocycles. The van der Waals surface area contributed by atoms with Crippen molar-refractivity contribution in [2.45, 2.75) is 83.6 Å². The summed E-state index contributed by atoms with van der Waals surface area (Å²) in [4.78, 5) is 112. The summed E-state index contributed by atoms with van der Waals surface area (Å²) in [5.74, 6) is -5.27. The van der Waals surface area contributed by atoms with Crippen LogP contribution in [0.5, 0.6) is 0 Å². The second-order valence-corrected chi connectivity index (χ2v) is 27.4. The molecule has 0 bridgehead atoms. The molecule has 12 rings (SSSR count). The number of carboxylic acids is 3. The fraction of sp³-hybridized carbons (Fsp3) is 0.204. The molecule has 0 atom stereocenters. The van der Waals surface area contributed by atoms with E-state index in [-0.39, 0.29) is 91.6 Å². The predicted molar refractivity (Wildman–Crippen MR) is 448 cm³/mol. The van der Waals surface area contributed by atoms with E-state index in [4.69, 9.17) is 29.5 Å². The van der Waals surface area contributed by atoms with Crippen LogP contribution < -0.4 is 15.5 Å². The highest BCUT2D eigenvalue weighted by atomic mass is 79.9. The van der Waals surface area contributed by atoms with Gasteiger partial charge in [-0.3, -0.25) is 14.6 Å². The van der Waals surface area contributed by atoms with Gasteiger partial charge in [-0.1, -0.05) is 125 Å². The third-order valence-corrected chi connectivity index (χ3v) is 18.7. The predicted octanol–water partition coefficient (Wildman–Crippen LogP) is 17.5. The normalized spacial score (nSPS) is 11.3. The third-order valence-electron chi connectivity index (χ3n) is 18.0. The van der Waals surface area contributed by atoms with Gasteiger partial charge in [0.25, 0.3) is 11.8 Å². The molecule has 1 fully saturated rings. The average molecular weight is 1720 g/mol. The number of aliphatic hydroxyl groups is 1. The van der Waals surface area contributed by atoms with E-state index < -0.39 is 35.6 Å². The summed E-state index contributed by atoms with van der Waals surface area (Å²) in [5, 5.41) is 42.3. The summed E-state index contributed by atoms with van der Waals surface area (Å²) in [6.45, 7) is 3.23. The topological polar surface area (TPSA) is 339 Å². The van der Waals surface area contributed by atoms with Crippen molar-refractivity contribution >= 4 is 80.9 Å². The van der Waals surface area contributed by atoms with Gasteiger partial charge >= 0.3 is 48.0 Å². The highest BCUT2D eigenvalue weighted by Crippen LogP contribution is 2.34. The molecule has 10 aromatic carbocycles. The minimum atomic E-state index is -4.49. The number of anilines is 2. The van der Waals surface area contributed by atoms with E-state index in [1.165, 1.54) is 71.0 Å². The number of aromatic carboxylic acids is 3. The molecule has 0 unspecified atom stereocenters. The molecule has 6 N–H and O–H groups in total. The lowest BCUT2D eigenvalue weighted by Gasteiger charge is -2.29. The van der Waals surface area contributed by atoms with E-state index in [2.05, 4.69) is 55.4 Å². The molecule has 11 aromatic rings. The number of ether oxygens (including phenoxy) is 7. The summed E-state index contributed by atoms with van der Waals surface area (Å²) < 4.78 is 75.0. The number of carbonyl (C=O) groups excluding carboxylic acids is 6. The molecule has 0 radical (unpaired) electrons. The van der Waals surface area contributed by atoms with Crippen molar-refractivity contribution in [1.82, 2.24) is 10.3 Å². The average Bonchev–Trinajstić information content (AvgIpc) is 0.797. The number of aromatic nitrogens is 1. The Balaban J connectivity index is 0.000000219. The molecule has 121 heavy (non-hydrogen) atoms. The van der Waals surface area contributed by atoms with Gasteiger partial charge in [-0.15, -0.1) is 0 Å². The minimum absolute atomic E-state index is 0.0646. The number of hydrogen-bond acceptors (Lipinski definition) is 19. The highest BCUT2D eigenvalue weighted by molar-refractivity contribution is 9.08. The molecule has 0 aliphatic carbocycles. The summed E-state index contributed by atoms with van der Waals surface area (Å²) in [5.41, 5.74) is 11.7. The number of halogens is 4. The Morgan fingerprint density at radius 1 is 0.397 bits per heavy atom. The first-order valence-electron chi connectivity index (χ1n) is 37.5. The Kier molecular flexibility index (Phi) is 36.7. The lowest BCUT2D eigenvalue weighted by molar-refractivity contribution is -0.137. The van der Waals surface area contributed by atoms with E-state index in [1.807, 2.05) is 48.5 Å². The molecule has 24 nitrogen and oxygen atoms in total. The van der Waals surface area contributed by atoms with E-state index in [9.17, 15) is 61.4 Å². The molecule has 1 aliphatic rings. The Morgan fingerprint density at radius 2 is 0.744 bits per heavy atom. The Labute approximate surface area is 704 Å². The summed E-state index contributed by atoms with van der Waals surface area (Å²) in [6, 6.07) is 68.3. The fourth-order valence-corrected chi connectivity index (χ4v) is 12.3. The van der Waals surface area contributed by atoms with Gasteiger partial charge in [-0.25, -0.2) is 33.6 Å². The van der Waals surface area contributed by atoms with Crippen molar-refractivity contribution < 1.29 is 110 Å². The molecule has 2 heterocycles. The van der Waals surface area contributed by atoms with Crippen LogP contribution in [0.2, 0.25) is 0 Å². The summed E-state index contributed by atoms with van der Waals surface area (Å²) in [7, 11) is 5.40. The number of benzene rings is 10. The number of hydrogen-bond donors (Lipinski definition) is 6. The number of pyridine rings is 1. The maximum absolute atomic E-state index is 13.6. The van der Waals surface area contributed by atoms with Crippen LogP contribution in [-0.2, 0) is 97.5 Å². The van der Waals surface area contributed by atoms with Crippen LogP contribution in [0.15, 0.2) is 255 Å². The number of carbonyl (C=O) groups is 9. The molecule has 0 spiro atoms. The zero-order valence-electron chi connectivity index (χ0n) is 66.4. The van der Waals surface area contributed by atoms with Crippen LogP contribution in [0.25, 0.3) is 11.3 Å². The fourth-order valence-electron chi connectivity index (χ4n) is 11.9. The van der Waals surface area contributed by atoms with Crippen molar-refractivity contribution in [3.05, 3.63) is 361 Å². The second kappa shape index (κ2) is 47.8. The van der Waals surface area contributed by atoms with E-state index in [0.29, 0.717) is 74.7 Å². The largest absolute Gasteiger partial charge is 0.478 e. The van der Waals surface area contributed by atoms with Gasteiger partial charge in [0.2, 0.25) is 0 Å². The zero-order chi connectivity index (χ0) is 87.2. The van der Waals surface area contributed by atoms with Crippen molar-refractivity contribution in [3.63, 3.8) is 0 Å². The number of piperidine rings is 1. The van der Waals surface area contributed by atoms with Gasteiger partial charge in [0, 0.05) is 53.5 Å². The Bertz CT molecular complexity index is 5210. The number of nitrogens with one attached hydrogen (secondary N) is 2. The number of rotatable bonds is 28. The van der Waals surface area contributed by atoms with Gasteiger partial charge in [0.05, 0.1) is 131 Å². The molecule has 2 amide bonds. The molecule has 1 saturated heterocycles. The van der Waals surface area contributed by atoms with Crippen LogP contribution in [0, 0.1) is 0 Å². The van der Waals surface area contributed by atoms with Crippen LogP contribution in [0.4, 0.5) is 24.5 Å². The molecule has 0 saturated carbocycles. The maximum atomic E-state index is 13.6. The van der Waals surface area contributed by atoms with Crippen molar-refractivity contribution in [3.8, 4) is 11.3 Å². The number of esters is 4. The second-order valence-electron chi connectivity index (χ2n) is 26.8. The minimum Gasteiger partial charge on any atom is -0.478 e. The third kappa shape index (κ3) is 30.1. The number of alkyl halides is 4.